The number of hydrogen-bond acceptors (Lipinski definition) is 4. The summed E-state index contributed by atoms with van der Waals surface area (Å²) in [5.41, 5.74) is 5.73. The zero-order chi connectivity index (χ0) is 13.2. The van der Waals surface area contributed by atoms with Gasteiger partial charge in [0.2, 0.25) is 5.91 Å². The van der Waals surface area contributed by atoms with E-state index in [1.165, 1.54) is 6.42 Å². The lowest BCUT2D eigenvalue weighted by Crippen LogP contribution is -2.40. The van der Waals surface area contributed by atoms with Gasteiger partial charge in [0.05, 0.1) is 0 Å². The third-order valence-corrected chi connectivity index (χ3v) is 4.61. The third-order valence-electron chi connectivity index (χ3n) is 3.54. The van der Waals surface area contributed by atoms with Crippen molar-refractivity contribution >= 4 is 17.7 Å². The second-order valence-corrected chi connectivity index (χ2v) is 6.09. The molecule has 0 aliphatic heterocycles. The van der Waals surface area contributed by atoms with Gasteiger partial charge in [-0.15, -0.1) is 0 Å². The molecule has 1 fully saturated rings. The van der Waals surface area contributed by atoms with Crippen LogP contribution >= 0.6 is 11.8 Å². The van der Waals surface area contributed by atoms with Gasteiger partial charge in [0.1, 0.15) is 0 Å². The first-order valence-corrected chi connectivity index (χ1v) is 8.11. The standard InChI is InChI=1S/C13H26N2O2S/c14-10-11-4-1-2-5-12(11)13(17)15-6-9-18-8-3-7-16/h11-12,16H,1-10,14H2,(H,15,17). The van der Waals surface area contributed by atoms with Crippen LogP contribution in [0, 0.1) is 11.8 Å². The molecule has 4 nitrogen and oxygen atoms in total. The molecule has 106 valence electrons. The fourth-order valence-electron chi connectivity index (χ4n) is 2.48. The lowest BCUT2D eigenvalue weighted by molar-refractivity contribution is -0.127. The van der Waals surface area contributed by atoms with E-state index in [0.717, 1.165) is 43.7 Å². The number of carbonyl (C=O) groups is 1. The van der Waals surface area contributed by atoms with Crippen LogP contribution in [0.15, 0.2) is 0 Å². The highest BCUT2D eigenvalue weighted by molar-refractivity contribution is 7.99. The van der Waals surface area contributed by atoms with Crippen LogP contribution in [0.5, 0.6) is 0 Å². The van der Waals surface area contributed by atoms with E-state index in [0.29, 0.717) is 12.5 Å². The third kappa shape index (κ3) is 5.59. The van der Waals surface area contributed by atoms with Gasteiger partial charge in [-0.3, -0.25) is 4.79 Å². The lowest BCUT2D eigenvalue weighted by atomic mass is 9.79. The van der Waals surface area contributed by atoms with E-state index in [2.05, 4.69) is 5.32 Å². The maximum Gasteiger partial charge on any atom is 0.223 e. The minimum atomic E-state index is 0.131. The predicted molar refractivity (Wildman–Crippen MR) is 76.5 cm³/mol. The van der Waals surface area contributed by atoms with Crippen molar-refractivity contribution in [3.05, 3.63) is 0 Å². The molecule has 0 radical (unpaired) electrons. The molecule has 2 atom stereocenters. The molecule has 0 bridgehead atoms. The number of rotatable bonds is 8. The highest BCUT2D eigenvalue weighted by Crippen LogP contribution is 2.29. The Balaban J connectivity index is 2.14. The highest BCUT2D eigenvalue weighted by atomic mass is 32.2. The molecule has 0 spiro atoms. The van der Waals surface area contributed by atoms with Crippen LogP contribution < -0.4 is 11.1 Å². The Morgan fingerprint density at radius 3 is 2.83 bits per heavy atom. The van der Waals surface area contributed by atoms with Crippen LogP contribution in [0.1, 0.15) is 32.1 Å². The Morgan fingerprint density at radius 1 is 1.33 bits per heavy atom. The van der Waals surface area contributed by atoms with Crippen LogP contribution in [0.3, 0.4) is 0 Å². The normalized spacial score (nSPS) is 23.9. The van der Waals surface area contributed by atoms with Gasteiger partial charge in [-0.25, -0.2) is 0 Å². The fourth-order valence-corrected chi connectivity index (χ4v) is 3.26. The van der Waals surface area contributed by atoms with Crippen LogP contribution in [-0.2, 0) is 4.79 Å². The second kappa shape index (κ2) is 9.64. The van der Waals surface area contributed by atoms with E-state index in [1.54, 1.807) is 11.8 Å². The number of nitrogens with two attached hydrogens (primary N) is 1. The molecule has 0 aromatic carbocycles. The van der Waals surface area contributed by atoms with Crippen molar-refractivity contribution in [3.63, 3.8) is 0 Å². The first-order valence-electron chi connectivity index (χ1n) is 6.96. The number of carbonyl (C=O) groups excluding carboxylic acids is 1. The number of amides is 1. The zero-order valence-electron chi connectivity index (χ0n) is 11.1. The molecule has 1 aliphatic rings. The Bertz CT molecular complexity index is 239. The van der Waals surface area contributed by atoms with E-state index in [1.807, 2.05) is 0 Å². The number of aliphatic hydroxyl groups excluding tert-OH is 1. The van der Waals surface area contributed by atoms with Crippen LogP contribution in [0.4, 0.5) is 0 Å². The Hall–Kier alpha value is -0.260. The highest BCUT2D eigenvalue weighted by Gasteiger charge is 2.29. The summed E-state index contributed by atoms with van der Waals surface area (Å²) in [5.74, 6) is 2.58. The molecule has 0 saturated heterocycles. The molecule has 1 aliphatic carbocycles. The molecule has 0 aromatic heterocycles. The number of hydrogen-bond donors (Lipinski definition) is 3. The first-order chi connectivity index (χ1) is 8.79. The van der Waals surface area contributed by atoms with Gasteiger partial charge >= 0.3 is 0 Å². The molecule has 4 N–H and O–H groups in total. The van der Waals surface area contributed by atoms with Crippen molar-refractivity contribution in [2.24, 2.45) is 17.6 Å². The Labute approximate surface area is 114 Å². The van der Waals surface area contributed by atoms with Gasteiger partial charge in [0.25, 0.3) is 0 Å². The average Bonchev–Trinajstić information content (AvgIpc) is 2.42. The lowest BCUT2D eigenvalue weighted by Gasteiger charge is -2.29. The molecule has 1 amide bonds. The summed E-state index contributed by atoms with van der Waals surface area (Å²) in [7, 11) is 0. The summed E-state index contributed by atoms with van der Waals surface area (Å²) in [6.07, 6.45) is 5.28. The summed E-state index contributed by atoms with van der Waals surface area (Å²) >= 11 is 1.77. The monoisotopic (exact) mass is 274 g/mol. The maximum atomic E-state index is 12.0. The molecule has 1 rings (SSSR count). The maximum absolute atomic E-state index is 12.0. The van der Waals surface area contributed by atoms with Gasteiger partial charge in [0.15, 0.2) is 0 Å². The van der Waals surface area contributed by atoms with Crippen molar-refractivity contribution in [3.8, 4) is 0 Å². The van der Waals surface area contributed by atoms with Gasteiger partial charge in [0, 0.05) is 24.8 Å². The van der Waals surface area contributed by atoms with Crippen molar-refractivity contribution in [1.82, 2.24) is 5.32 Å². The molecule has 5 heteroatoms. The van der Waals surface area contributed by atoms with Crippen molar-refractivity contribution in [2.45, 2.75) is 32.1 Å². The molecular formula is C13H26N2O2S. The van der Waals surface area contributed by atoms with E-state index in [9.17, 15) is 4.79 Å². The van der Waals surface area contributed by atoms with Gasteiger partial charge in [-0.2, -0.15) is 11.8 Å². The predicted octanol–water partition coefficient (Wildman–Crippen LogP) is 0.983. The summed E-state index contributed by atoms with van der Waals surface area (Å²) < 4.78 is 0. The van der Waals surface area contributed by atoms with Crippen LogP contribution in [-0.4, -0.2) is 42.2 Å². The molecule has 1 saturated carbocycles. The van der Waals surface area contributed by atoms with E-state index >= 15 is 0 Å². The van der Waals surface area contributed by atoms with Crippen molar-refractivity contribution in [2.75, 3.05) is 31.2 Å². The molecule has 0 heterocycles. The topological polar surface area (TPSA) is 75.4 Å². The SMILES string of the molecule is NCC1CCCCC1C(=O)NCCSCCCO. The first kappa shape index (κ1) is 15.8. The van der Waals surface area contributed by atoms with E-state index < -0.39 is 0 Å². The Morgan fingerprint density at radius 2 is 2.11 bits per heavy atom. The average molecular weight is 274 g/mol. The largest absolute Gasteiger partial charge is 0.396 e. The second-order valence-electron chi connectivity index (χ2n) is 4.87. The fraction of sp³-hybridized carbons (Fsp3) is 0.923. The number of thioether (sulfide) groups is 1. The van der Waals surface area contributed by atoms with E-state index in [-0.39, 0.29) is 18.4 Å². The Kier molecular flexibility index (Phi) is 8.46. The molecule has 0 aromatic rings. The minimum Gasteiger partial charge on any atom is -0.396 e. The van der Waals surface area contributed by atoms with Crippen molar-refractivity contribution < 1.29 is 9.90 Å². The number of nitrogens with one attached hydrogen (secondary N) is 1. The zero-order valence-corrected chi connectivity index (χ0v) is 11.9. The number of aliphatic hydroxyl groups is 1. The van der Waals surface area contributed by atoms with Crippen LogP contribution in [0.25, 0.3) is 0 Å². The summed E-state index contributed by atoms with van der Waals surface area (Å²) in [6, 6.07) is 0. The van der Waals surface area contributed by atoms with Crippen molar-refractivity contribution in [1.29, 1.82) is 0 Å². The van der Waals surface area contributed by atoms with Gasteiger partial charge in [-0.1, -0.05) is 12.8 Å². The van der Waals surface area contributed by atoms with Crippen LogP contribution in [0.2, 0.25) is 0 Å². The minimum absolute atomic E-state index is 0.131. The quantitative estimate of drug-likeness (QED) is 0.577. The summed E-state index contributed by atoms with van der Waals surface area (Å²) in [4.78, 5) is 12.0. The summed E-state index contributed by atoms with van der Waals surface area (Å²) in [5, 5.41) is 11.7. The molecule has 2 unspecified atom stereocenters. The smallest absolute Gasteiger partial charge is 0.223 e. The van der Waals surface area contributed by atoms with Gasteiger partial charge < -0.3 is 16.2 Å². The van der Waals surface area contributed by atoms with Gasteiger partial charge in [-0.05, 0) is 37.5 Å². The summed E-state index contributed by atoms with van der Waals surface area (Å²) in [6.45, 7) is 1.60. The molecular weight excluding hydrogens is 248 g/mol. The molecule has 18 heavy (non-hydrogen) atoms. The van der Waals surface area contributed by atoms with E-state index in [4.69, 9.17) is 10.8 Å².